The van der Waals surface area contributed by atoms with Gasteiger partial charge < -0.3 is 64.4 Å². The van der Waals surface area contributed by atoms with Crippen LogP contribution in [0.1, 0.15) is 178 Å². The molecular formula is C66H97N15O16. The number of hydrogen-bond donors (Lipinski definition) is 10. The summed E-state index contributed by atoms with van der Waals surface area (Å²) in [6.07, 6.45) is 4.84. The Labute approximate surface area is 563 Å². The van der Waals surface area contributed by atoms with Crippen molar-refractivity contribution in [3.8, 4) is 11.5 Å². The molecule has 3 rings (SSSR count). The number of rotatable bonds is 53. The number of methoxy groups -OCH3 is 1. The quantitative estimate of drug-likeness (QED) is 0.00412. The molecule has 0 unspecified atom stereocenters. The van der Waals surface area contributed by atoms with Crippen LogP contribution < -0.4 is 59.4 Å². The number of nitrogens with two attached hydrogens (primary N) is 5. The fourth-order valence-corrected chi connectivity index (χ4v) is 10.8. The van der Waals surface area contributed by atoms with Crippen LogP contribution in [0, 0.1) is 33.8 Å². The number of primary amides is 2. The summed E-state index contributed by atoms with van der Waals surface area (Å²) < 4.78 is 11.0. The van der Waals surface area contributed by atoms with E-state index in [0.717, 1.165) is 17.0 Å². The minimum atomic E-state index is -1.22. The third-order valence-corrected chi connectivity index (χ3v) is 16.6. The zero-order valence-corrected chi connectivity index (χ0v) is 56.0. The minimum Gasteiger partial charge on any atom is -0.493 e. The van der Waals surface area contributed by atoms with Crippen LogP contribution in [-0.2, 0) is 59.2 Å². The smallest absolute Gasteiger partial charge is 0.284 e. The number of amides is 6. The van der Waals surface area contributed by atoms with E-state index in [9.17, 15) is 67.6 Å². The van der Waals surface area contributed by atoms with Crippen LogP contribution in [0.25, 0.3) is 21.3 Å². The number of fused-ring (bicyclic) bond motifs is 1. The molecule has 1 heterocycles. The average molecular weight is 1360 g/mol. The Bertz CT molecular complexity index is 3290. The Morgan fingerprint density at radius 3 is 1.86 bits per heavy atom. The lowest BCUT2D eigenvalue weighted by Gasteiger charge is -2.24. The summed E-state index contributed by atoms with van der Waals surface area (Å²) in [5.41, 5.74) is 37.9. The van der Waals surface area contributed by atoms with Crippen molar-refractivity contribution >= 4 is 92.7 Å². The number of aromatic nitrogens is 1. The van der Waals surface area contributed by atoms with Crippen molar-refractivity contribution in [2.24, 2.45) is 62.4 Å². The molecule has 7 atom stereocenters. The SMILES string of the molecule is CC[C@H](C)[C@H](N)C(=O)N[C@@H](Cc1c[nH]c2ccccc12)C(=O)NCC(=O)C[C@@H](CCC(N)=O)C(=O)NCC(=O)C[C@@H](CCCCCC(=O)CCCOc1cc([N+](=O)[O-])c(C(C)=O)cc1OC)C(=O)N[C@@H](CCCN=C(N)N)C(=O)C[C@@H](CCCCCC(=O)CCCN=[N+]=[N-])C(N)=O. The Morgan fingerprint density at radius 1 is 0.670 bits per heavy atom. The van der Waals surface area contributed by atoms with Gasteiger partial charge in [-0.3, -0.25) is 72.6 Å². The van der Waals surface area contributed by atoms with E-state index in [1.54, 1.807) is 13.1 Å². The van der Waals surface area contributed by atoms with Gasteiger partial charge in [-0.1, -0.05) is 69.3 Å². The van der Waals surface area contributed by atoms with Gasteiger partial charge in [-0.05, 0) is 87.8 Å². The molecule has 0 fully saturated rings. The molecule has 0 spiro atoms. The van der Waals surface area contributed by atoms with Gasteiger partial charge in [0.2, 0.25) is 35.4 Å². The first-order chi connectivity index (χ1) is 46.2. The second kappa shape index (κ2) is 44.2. The fraction of sp³-hybridized carbons (Fsp3) is 0.591. The van der Waals surface area contributed by atoms with E-state index in [1.165, 1.54) is 20.1 Å². The number of aliphatic imine (C=N–C) groups is 1. The van der Waals surface area contributed by atoms with Gasteiger partial charge in [-0.25, -0.2) is 0 Å². The summed E-state index contributed by atoms with van der Waals surface area (Å²) >= 11 is 0. The summed E-state index contributed by atoms with van der Waals surface area (Å²) in [5.74, 6) is -10.5. The lowest BCUT2D eigenvalue weighted by Crippen LogP contribution is -2.54. The molecule has 0 saturated carbocycles. The fourth-order valence-electron chi connectivity index (χ4n) is 10.8. The van der Waals surface area contributed by atoms with Gasteiger partial charge in [0.15, 0.2) is 40.6 Å². The maximum atomic E-state index is 14.5. The number of hydrogen-bond acceptors (Lipinski definition) is 19. The first-order valence-electron chi connectivity index (χ1n) is 32.9. The summed E-state index contributed by atoms with van der Waals surface area (Å²) in [6.45, 7) is 3.87. The number of unbranched alkanes of at least 4 members (excludes halogenated alkanes) is 4. The van der Waals surface area contributed by atoms with Gasteiger partial charge in [-0.15, -0.1) is 0 Å². The van der Waals surface area contributed by atoms with Crippen molar-refractivity contribution in [3.05, 3.63) is 74.3 Å². The second-order valence-electron chi connectivity index (χ2n) is 24.3. The van der Waals surface area contributed by atoms with Crippen molar-refractivity contribution in [3.63, 3.8) is 0 Å². The summed E-state index contributed by atoms with van der Waals surface area (Å²) in [4.78, 5) is 180. The second-order valence-corrected chi connectivity index (χ2v) is 24.3. The van der Waals surface area contributed by atoms with E-state index in [2.05, 4.69) is 41.3 Å². The predicted octanol–water partition coefficient (Wildman–Crippen LogP) is 4.92. The minimum absolute atomic E-state index is 0.00243. The number of ketones is 6. The number of ether oxygens (including phenoxy) is 2. The number of nitrogens with zero attached hydrogens (tertiary/aromatic N) is 5. The van der Waals surface area contributed by atoms with Crippen LogP contribution in [0.5, 0.6) is 11.5 Å². The van der Waals surface area contributed by atoms with Crippen molar-refractivity contribution in [2.45, 2.75) is 187 Å². The first-order valence-corrected chi connectivity index (χ1v) is 32.9. The molecule has 15 N–H and O–H groups in total. The number of azide groups is 1. The molecule has 0 aliphatic heterocycles. The van der Waals surface area contributed by atoms with Gasteiger partial charge in [0.25, 0.3) is 5.69 Å². The van der Waals surface area contributed by atoms with Gasteiger partial charge in [0, 0.05) is 117 Å². The van der Waals surface area contributed by atoms with Crippen molar-refractivity contribution < 1.29 is 71.9 Å². The zero-order valence-electron chi connectivity index (χ0n) is 56.0. The van der Waals surface area contributed by atoms with Gasteiger partial charge in [0.1, 0.15) is 17.6 Å². The van der Waals surface area contributed by atoms with Crippen LogP contribution in [0.4, 0.5) is 5.69 Å². The summed E-state index contributed by atoms with van der Waals surface area (Å²) in [6, 6.07) is 6.32. The van der Waals surface area contributed by atoms with E-state index in [1.807, 2.05) is 31.2 Å². The van der Waals surface area contributed by atoms with Crippen LogP contribution in [-0.4, -0.2) is 144 Å². The predicted molar refractivity (Wildman–Crippen MR) is 360 cm³/mol. The number of nitrogens with one attached hydrogen (secondary N) is 5. The van der Waals surface area contributed by atoms with Gasteiger partial charge in [0.05, 0.1) is 55.4 Å². The average Bonchev–Trinajstić information content (AvgIpc) is 1.75. The molecule has 0 bridgehead atoms. The van der Waals surface area contributed by atoms with Crippen molar-refractivity contribution in [2.75, 3.05) is 39.9 Å². The number of carbonyl (C=O) groups is 12. The zero-order chi connectivity index (χ0) is 72.0. The van der Waals surface area contributed by atoms with E-state index in [-0.39, 0.29) is 144 Å². The highest BCUT2D eigenvalue weighted by Crippen LogP contribution is 2.35. The Hall–Kier alpha value is -9.64. The number of aromatic amines is 1. The highest BCUT2D eigenvalue weighted by molar-refractivity contribution is 5.99. The Balaban J connectivity index is 1.78. The number of guanidine groups is 1. The van der Waals surface area contributed by atoms with Crippen LogP contribution >= 0.6 is 0 Å². The molecule has 2 aromatic carbocycles. The molecule has 532 valence electrons. The van der Waals surface area contributed by atoms with Crippen LogP contribution in [0.2, 0.25) is 0 Å². The lowest BCUT2D eigenvalue weighted by molar-refractivity contribution is -0.385. The monoisotopic (exact) mass is 1360 g/mol. The maximum absolute atomic E-state index is 14.5. The molecule has 0 aliphatic carbocycles. The van der Waals surface area contributed by atoms with Crippen LogP contribution in [0.3, 0.4) is 0 Å². The number of benzene rings is 2. The number of H-pyrrole nitrogens is 1. The molecule has 0 saturated heterocycles. The number of nitro benzene ring substituents is 1. The lowest BCUT2D eigenvalue weighted by atomic mass is 9.90. The molecular weight excluding hydrogens is 1260 g/mol. The first kappa shape index (κ1) is 81.6. The molecule has 31 nitrogen and oxygen atoms in total. The van der Waals surface area contributed by atoms with Crippen molar-refractivity contribution in [1.29, 1.82) is 0 Å². The molecule has 3 aromatic rings. The van der Waals surface area contributed by atoms with E-state index < -0.39 is 131 Å². The van der Waals surface area contributed by atoms with Crippen molar-refractivity contribution in [1.82, 2.24) is 26.3 Å². The van der Waals surface area contributed by atoms with Crippen LogP contribution in [0.15, 0.2) is 52.7 Å². The molecule has 0 radical (unpaired) electrons. The molecule has 6 amide bonds. The normalized spacial score (nSPS) is 13.2. The van der Waals surface area contributed by atoms with E-state index >= 15 is 0 Å². The number of para-hydroxylation sites is 1. The molecule has 31 heteroatoms. The highest BCUT2D eigenvalue weighted by atomic mass is 16.6. The molecule has 97 heavy (non-hydrogen) atoms. The van der Waals surface area contributed by atoms with Gasteiger partial charge >= 0.3 is 0 Å². The summed E-state index contributed by atoms with van der Waals surface area (Å²) in [5, 5.41) is 26.5. The number of Topliss-reactive ketones (excluding diaryl/α,β-unsaturated/α-hetero) is 6. The molecule has 0 aliphatic rings. The third-order valence-electron chi connectivity index (χ3n) is 16.6. The van der Waals surface area contributed by atoms with E-state index in [4.69, 9.17) is 43.7 Å². The Kier molecular flexibility index (Phi) is 37.2. The molecule has 1 aromatic heterocycles. The Morgan fingerprint density at radius 2 is 1.27 bits per heavy atom. The summed E-state index contributed by atoms with van der Waals surface area (Å²) in [7, 11) is 1.31. The topological polar surface area (TPSA) is 522 Å². The number of carbonyl (C=O) groups excluding carboxylic acids is 12. The standard InChI is InChI=1S/C66H97N15O16/c1-5-40(2)60(68)65(93)79-54(33-45-37-74-52-24-13-12-23-50(45)52)64(92)76-39-49(86)32-44(26-27-59(67)88)62(90)75-38-48(85)31-43(18-9-7-11-20-47(84)22-16-30-97-58-36-55(81(94)95)51(41(3)82)35-57(58)96-4)63(91)78-53(25-15-28-73-66(70)71)56(87)34-42(61(69)89)17-8-6-10-19-46(83)21-14-29-77-80-72/h12-13,23-24,35-37,40,42-44,53-54,60,74H,5-11,14-22,25-34,38-39,68H2,1-4H3,(H2,67,88)(H2,69,89)(H,75,90)(H,76,92)(H,78,91)(H,79,93)(H4,70,71,73)/t40-,42+,43+,44+,53-,54-,60-/m0/s1. The maximum Gasteiger partial charge on any atom is 0.284 e. The van der Waals surface area contributed by atoms with Gasteiger partial charge in [-0.2, -0.15) is 0 Å². The van der Waals surface area contributed by atoms with E-state index in [0.29, 0.717) is 56.9 Å². The largest absolute Gasteiger partial charge is 0.493 e. The third kappa shape index (κ3) is 30.8. The highest BCUT2D eigenvalue weighted by Gasteiger charge is 2.32. The number of nitro groups is 1.